The maximum atomic E-state index is 11.0. The summed E-state index contributed by atoms with van der Waals surface area (Å²) >= 11 is 0. The topological polar surface area (TPSA) is 105 Å². The lowest BCUT2D eigenvalue weighted by Crippen LogP contribution is -1.97. The lowest BCUT2D eigenvalue weighted by molar-refractivity contribution is 0.371. The zero-order valence-corrected chi connectivity index (χ0v) is 13.8. The molecular formula is C16H16N3O4P. The third kappa shape index (κ3) is 3.71. The molecule has 8 heteroatoms. The standard InChI is InChI=1S/C16H16N3O4P/c1-23-14-4-2-3-13-15(14)17-10-18-16(13)19-12-7-5-11(6-8-12)9-24(20,21)22/h2-8,10H,9H2,1H3,(H,17,18,19)(H2,20,21,22). The predicted octanol–water partition coefficient (Wildman–Crippen LogP) is 3.06. The minimum Gasteiger partial charge on any atom is -0.494 e. The van der Waals surface area contributed by atoms with E-state index in [2.05, 4.69) is 15.3 Å². The van der Waals surface area contributed by atoms with Crippen molar-refractivity contribution in [3.05, 3.63) is 54.4 Å². The average Bonchev–Trinajstić information content (AvgIpc) is 2.55. The lowest BCUT2D eigenvalue weighted by Gasteiger charge is -2.11. The first-order valence-corrected chi connectivity index (χ1v) is 8.94. The summed E-state index contributed by atoms with van der Waals surface area (Å²) in [5.74, 6) is 1.29. The third-order valence-corrected chi connectivity index (χ3v) is 4.23. The Morgan fingerprint density at radius 1 is 1.12 bits per heavy atom. The highest BCUT2D eigenvalue weighted by molar-refractivity contribution is 7.50. The van der Waals surface area contributed by atoms with Crippen LogP contribution in [0.3, 0.4) is 0 Å². The first-order chi connectivity index (χ1) is 11.5. The van der Waals surface area contributed by atoms with E-state index in [0.29, 0.717) is 22.6 Å². The van der Waals surface area contributed by atoms with Gasteiger partial charge in [0.05, 0.1) is 13.3 Å². The maximum Gasteiger partial charge on any atom is 0.329 e. The van der Waals surface area contributed by atoms with Crippen LogP contribution in [0.1, 0.15) is 5.56 Å². The highest BCUT2D eigenvalue weighted by Crippen LogP contribution is 2.39. The number of methoxy groups -OCH3 is 1. The monoisotopic (exact) mass is 345 g/mol. The van der Waals surface area contributed by atoms with Gasteiger partial charge in [0, 0.05) is 11.1 Å². The van der Waals surface area contributed by atoms with Crippen LogP contribution in [-0.4, -0.2) is 26.9 Å². The van der Waals surface area contributed by atoms with Gasteiger partial charge in [0.25, 0.3) is 0 Å². The summed E-state index contributed by atoms with van der Waals surface area (Å²) < 4.78 is 16.3. The van der Waals surface area contributed by atoms with Gasteiger partial charge in [0.15, 0.2) is 0 Å². The van der Waals surface area contributed by atoms with Crippen LogP contribution < -0.4 is 10.1 Å². The van der Waals surface area contributed by atoms with E-state index in [4.69, 9.17) is 14.5 Å². The van der Waals surface area contributed by atoms with Gasteiger partial charge in [-0.15, -0.1) is 0 Å². The molecule has 1 aromatic heterocycles. The third-order valence-electron chi connectivity index (χ3n) is 3.45. The summed E-state index contributed by atoms with van der Waals surface area (Å²) in [7, 11) is -2.48. The Bertz CT molecular complexity index is 909. The molecule has 24 heavy (non-hydrogen) atoms. The molecule has 0 fully saturated rings. The van der Waals surface area contributed by atoms with E-state index >= 15 is 0 Å². The number of rotatable bonds is 5. The molecule has 124 valence electrons. The van der Waals surface area contributed by atoms with Crippen molar-refractivity contribution < 1.29 is 19.1 Å². The predicted molar refractivity (Wildman–Crippen MR) is 91.6 cm³/mol. The molecule has 0 amide bonds. The summed E-state index contributed by atoms with van der Waals surface area (Å²) in [4.78, 5) is 26.5. The van der Waals surface area contributed by atoms with E-state index in [-0.39, 0.29) is 6.16 Å². The maximum absolute atomic E-state index is 11.0. The normalized spacial score (nSPS) is 11.5. The van der Waals surface area contributed by atoms with Crippen molar-refractivity contribution in [2.45, 2.75) is 6.16 Å². The van der Waals surface area contributed by atoms with Crippen molar-refractivity contribution in [3.8, 4) is 5.75 Å². The molecule has 7 nitrogen and oxygen atoms in total. The molecular weight excluding hydrogens is 329 g/mol. The summed E-state index contributed by atoms with van der Waals surface area (Å²) in [5, 5.41) is 4.00. The van der Waals surface area contributed by atoms with Crippen LogP contribution in [0.15, 0.2) is 48.8 Å². The van der Waals surface area contributed by atoms with E-state index in [1.165, 1.54) is 6.33 Å². The zero-order chi connectivity index (χ0) is 17.2. The number of hydrogen-bond acceptors (Lipinski definition) is 5. The van der Waals surface area contributed by atoms with Crippen LogP contribution >= 0.6 is 7.60 Å². The fourth-order valence-corrected chi connectivity index (χ4v) is 3.08. The number of hydrogen-bond donors (Lipinski definition) is 3. The minimum absolute atomic E-state index is 0.277. The van der Waals surface area contributed by atoms with E-state index in [0.717, 1.165) is 11.1 Å². The van der Waals surface area contributed by atoms with Crippen molar-refractivity contribution in [1.82, 2.24) is 9.97 Å². The van der Waals surface area contributed by atoms with Gasteiger partial charge in [-0.05, 0) is 29.8 Å². The van der Waals surface area contributed by atoms with Crippen molar-refractivity contribution in [2.24, 2.45) is 0 Å². The first kappa shape index (κ1) is 16.4. The SMILES string of the molecule is COc1cccc2c(Nc3ccc(CP(=O)(O)O)cc3)ncnc12. The number of fused-ring (bicyclic) bond motifs is 1. The molecule has 0 saturated carbocycles. The Morgan fingerprint density at radius 2 is 1.88 bits per heavy atom. The molecule has 3 aromatic rings. The molecule has 0 atom stereocenters. The zero-order valence-electron chi connectivity index (χ0n) is 12.9. The van der Waals surface area contributed by atoms with E-state index in [1.54, 1.807) is 31.4 Å². The van der Waals surface area contributed by atoms with Gasteiger partial charge in [0.2, 0.25) is 0 Å². The molecule has 1 heterocycles. The number of para-hydroxylation sites is 1. The van der Waals surface area contributed by atoms with E-state index in [1.807, 2.05) is 18.2 Å². The van der Waals surface area contributed by atoms with Gasteiger partial charge < -0.3 is 19.8 Å². The average molecular weight is 345 g/mol. The molecule has 3 N–H and O–H groups in total. The van der Waals surface area contributed by atoms with E-state index in [9.17, 15) is 4.57 Å². The number of ether oxygens (including phenoxy) is 1. The number of benzene rings is 2. The molecule has 0 saturated heterocycles. The van der Waals surface area contributed by atoms with Crippen LogP contribution in [-0.2, 0) is 10.7 Å². The second-order valence-electron chi connectivity index (χ2n) is 5.22. The number of nitrogens with one attached hydrogen (secondary N) is 1. The van der Waals surface area contributed by atoms with Crippen LogP contribution in [0.5, 0.6) is 5.75 Å². The van der Waals surface area contributed by atoms with Gasteiger partial charge in [-0.1, -0.05) is 18.2 Å². The quantitative estimate of drug-likeness (QED) is 0.610. The van der Waals surface area contributed by atoms with Gasteiger partial charge >= 0.3 is 7.60 Å². The van der Waals surface area contributed by atoms with Crippen molar-refractivity contribution >= 4 is 30.0 Å². The Kier molecular flexibility index (Phi) is 4.49. The Balaban J connectivity index is 1.89. The largest absolute Gasteiger partial charge is 0.494 e. The molecule has 0 aliphatic carbocycles. The van der Waals surface area contributed by atoms with Crippen LogP contribution in [0, 0.1) is 0 Å². The van der Waals surface area contributed by atoms with Crippen LogP contribution in [0.4, 0.5) is 11.5 Å². The Labute approximate surface area is 138 Å². The van der Waals surface area contributed by atoms with Crippen LogP contribution in [0.2, 0.25) is 0 Å². The molecule has 0 aliphatic heterocycles. The Morgan fingerprint density at radius 3 is 2.54 bits per heavy atom. The highest BCUT2D eigenvalue weighted by atomic mass is 31.2. The number of anilines is 2. The first-order valence-electron chi connectivity index (χ1n) is 7.14. The second-order valence-corrected chi connectivity index (χ2v) is 6.87. The second kappa shape index (κ2) is 6.57. The molecule has 0 unspecified atom stereocenters. The number of aromatic nitrogens is 2. The molecule has 0 bridgehead atoms. The number of nitrogens with zero attached hydrogens (tertiary/aromatic N) is 2. The van der Waals surface area contributed by atoms with Gasteiger partial charge in [-0.2, -0.15) is 0 Å². The summed E-state index contributed by atoms with van der Waals surface area (Å²) in [6, 6.07) is 12.4. The fourth-order valence-electron chi connectivity index (χ4n) is 2.39. The van der Waals surface area contributed by atoms with Crippen molar-refractivity contribution in [1.29, 1.82) is 0 Å². The highest BCUT2D eigenvalue weighted by Gasteiger charge is 2.14. The van der Waals surface area contributed by atoms with Gasteiger partial charge in [-0.25, -0.2) is 9.97 Å². The summed E-state index contributed by atoms with van der Waals surface area (Å²) in [6.45, 7) is 0. The van der Waals surface area contributed by atoms with Gasteiger partial charge in [-0.3, -0.25) is 4.57 Å². The smallest absolute Gasteiger partial charge is 0.329 e. The Hall–Kier alpha value is -2.47. The fraction of sp³-hybridized carbons (Fsp3) is 0.125. The molecule has 0 spiro atoms. The van der Waals surface area contributed by atoms with Crippen molar-refractivity contribution in [3.63, 3.8) is 0 Å². The molecule has 3 rings (SSSR count). The van der Waals surface area contributed by atoms with Crippen LogP contribution in [0.25, 0.3) is 10.9 Å². The van der Waals surface area contributed by atoms with E-state index < -0.39 is 7.60 Å². The molecule has 0 radical (unpaired) electrons. The van der Waals surface area contributed by atoms with Crippen molar-refractivity contribution in [2.75, 3.05) is 12.4 Å². The summed E-state index contributed by atoms with van der Waals surface area (Å²) in [6.07, 6.45) is 1.18. The lowest BCUT2D eigenvalue weighted by atomic mass is 10.2. The molecule has 0 aliphatic rings. The minimum atomic E-state index is -4.07. The molecule has 2 aromatic carbocycles. The van der Waals surface area contributed by atoms with Gasteiger partial charge in [0.1, 0.15) is 23.4 Å². The summed E-state index contributed by atoms with van der Waals surface area (Å²) in [5.41, 5.74) is 2.03.